The molecule has 2 aliphatic heterocycles. The van der Waals surface area contributed by atoms with Gasteiger partial charge in [0, 0.05) is 35.5 Å². The van der Waals surface area contributed by atoms with E-state index >= 15 is 0 Å². The number of nitrogens with one attached hydrogen (secondary N) is 6. The Morgan fingerprint density at radius 3 is 1.84 bits per heavy atom. The molecule has 3 fully saturated rings. The van der Waals surface area contributed by atoms with E-state index in [1.165, 1.54) is 25.1 Å². The van der Waals surface area contributed by atoms with Crippen molar-refractivity contribution in [2.45, 2.75) is 89.9 Å². The van der Waals surface area contributed by atoms with E-state index in [2.05, 4.69) is 79.6 Å². The Morgan fingerprint density at radius 1 is 0.768 bits per heavy atom. The molecule has 16 heteroatoms. The molecule has 5 rings (SSSR count). The van der Waals surface area contributed by atoms with Gasteiger partial charge in [-0.15, -0.1) is 0 Å². The summed E-state index contributed by atoms with van der Waals surface area (Å²) in [7, 11) is 0. The molecule has 0 aromatic heterocycles. The van der Waals surface area contributed by atoms with Crippen LogP contribution in [0.15, 0.2) is 52.7 Å². The second-order valence-corrected chi connectivity index (χ2v) is 14.6. The van der Waals surface area contributed by atoms with Gasteiger partial charge in [0.1, 0.15) is 0 Å². The molecule has 2 aromatic rings. The molecule has 2 saturated heterocycles. The van der Waals surface area contributed by atoms with E-state index in [0.717, 1.165) is 52.1 Å². The lowest BCUT2D eigenvalue weighted by Gasteiger charge is -2.57. The fourth-order valence-corrected chi connectivity index (χ4v) is 7.90. The van der Waals surface area contributed by atoms with E-state index in [1.54, 1.807) is 24.3 Å². The van der Waals surface area contributed by atoms with Crippen LogP contribution < -0.4 is 31.9 Å². The third-order valence-electron chi connectivity index (χ3n) is 11.3. The monoisotopic (exact) mass is 772 g/mol. The van der Waals surface area contributed by atoms with E-state index in [9.17, 15) is 28.8 Å². The molecule has 302 valence electrons. The first kappa shape index (κ1) is 41.9. The lowest BCUT2D eigenvalue weighted by atomic mass is 9.58. The van der Waals surface area contributed by atoms with Crippen molar-refractivity contribution in [2.75, 3.05) is 57.7 Å². The lowest BCUT2D eigenvalue weighted by molar-refractivity contribution is -0.155. The average molecular weight is 773 g/mol. The SMILES string of the molecule is CCN(CC)CCCNC(=O)c1cc(NC(=O)c2ccc(N=NC3(C(C)=O)C(=O)NC34CCC3NC(=O)NC3C4)cc2)cc(C(=O)NCCCN(CC)CC)c1. The van der Waals surface area contributed by atoms with Crippen molar-refractivity contribution >= 4 is 46.8 Å². The molecule has 6 N–H and O–H groups in total. The smallest absolute Gasteiger partial charge is 0.315 e. The van der Waals surface area contributed by atoms with Crippen molar-refractivity contribution in [3.63, 3.8) is 0 Å². The fourth-order valence-electron chi connectivity index (χ4n) is 7.90. The summed E-state index contributed by atoms with van der Waals surface area (Å²) < 4.78 is 0. The van der Waals surface area contributed by atoms with Gasteiger partial charge in [-0.1, -0.05) is 27.7 Å². The van der Waals surface area contributed by atoms with Gasteiger partial charge in [0.05, 0.1) is 23.3 Å². The third kappa shape index (κ3) is 9.24. The van der Waals surface area contributed by atoms with Gasteiger partial charge in [-0.3, -0.25) is 24.0 Å². The predicted octanol–water partition coefficient (Wildman–Crippen LogP) is 3.38. The van der Waals surface area contributed by atoms with Crippen LogP contribution in [0.25, 0.3) is 0 Å². The van der Waals surface area contributed by atoms with Crippen LogP contribution in [0.3, 0.4) is 0 Å². The number of benzene rings is 2. The summed E-state index contributed by atoms with van der Waals surface area (Å²) in [5, 5.41) is 26.0. The number of β-lactam (4-membered cyclic amide) rings is 1. The molecule has 2 heterocycles. The van der Waals surface area contributed by atoms with Gasteiger partial charge in [0.2, 0.25) is 5.54 Å². The predicted molar refractivity (Wildman–Crippen MR) is 212 cm³/mol. The molecule has 4 atom stereocenters. The number of hydrogen-bond acceptors (Lipinski definition) is 10. The van der Waals surface area contributed by atoms with Crippen LogP contribution in [-0.2, 0) is 9.59 Å². The number of hydrogen-bond donors (Lipinski definition) is 6. The van der Waals surface area contributed by atoms with Gasteiger partial charge in [-0.05, 0) is 121 Å². The van der Waals surface area contributed by atoms with Crippen LogP contribution in [0.4, 0.5) is 16.2 Å². The second-order valence-electron chi connectivity index (χ2n) is 14.6. The zero-order valence-corrected chi connectivity index (χ0v) is 33.1. The van der Waals surface area contributed by atoms with Gasteiger partial charge < -0.3 is 41.7 Å². The van der Waals surface area contributed by atoms with E-state index in [4.69, 9.17) is 0 Å². The minimum Gasteiger partial charge on any atom is -0.352 e. The molecule has 1 aliphatic carbocycles. The number of Topliss-reactive ketones (excluding diaryl/α,β-unsaturated/α-hetero) is 1. The van der Waals surface area contributed by atoms with Crippen LogP contribution in [0.1, 0.15) is 97.8 Å². The maximum atomic E-state index is 13.5. The van der Waals surface area contributed by atoms with Crippen LogP contribution >= 0.6 is 0 Å². The van der Waals surface area contributed by atoms with Crippen LogP contribution in [0, 0.1) is 0 Å². The minimum absolute atomic E-state index is 0.0884. The number of carbonyl (C=O) groups excluding carboxylic acids is 6. The summed E-state index contributed by atoms with van der Waals surface area (Å²) in [6.45, 7) is 16.0. The first-order valence-corrected chi connectivity index (χ1v) is 19.8. The Labute approximate surface area is 328 Å². The largest absolute Gasteiger partial charge is 0.352 e. The summed E-state index contributed by atoms with van der Waals surface area (Å²) in [5.41, 5.74) is -1.37. The summed E-state index contributed by atoms with van der Waals surface area (Å²) in [5.74, 6) is -2.18. The van der Waals surface area contributed by atoms with E-state index < -0.39 is 28.7 Å². The highest BCUT2D eigenvalue weighted by atomic mass is 16.2. The highest BCUT2D eigenvalue weighted by molar-refractivity contribution is 6.17. The normalized spacial score (nSPS) is 22.6. The van der Waals surface area contributed by atoms with E-state index in [-0.39, 0.29) is 52.3 Å². The number of rotatable bonds is 19. The molecule has 0 radical (unpaired) electrons. The Kier molecular flexibility index (Phi) is 13.9. The van der Waals surface area contributed by atoms with E-state index in [1.807, 2.05) is 0 Å². The summed E-state index contributed by atoms with van der Waals surface area (Å²) in [6, 6.07) is 10.1. The number of fused-ring (bicyclic) bond motifs is 1. The first-order valence-electron chi connectivity index (χ1n) is 19.8. The molecule has 4 unspecified atom stereocenters. The molecule has 0 bridgehead atoms. The quantitative estimate of drug-likeness (QED) is 0.0539. The molecule has 56 heavy (non-hydrogen) atoms. The number of nitrogens with zero attached hydrogens (tertiary/aromatic N) is 4. The molecule has 3 aliphatic rings. The van der Waals surface area contributed by atoms with Crippen molar-refractivity contribution in [3.05, 3.63) is 59.2 Å². The second kappa shape index (κ2) is 18.6. The molecule has 1 saturated carbocycles. The van der Waals surface area contributed by atoms with Gasteiger partial charge >= 0.3 is 6.03 Å². The van der Waals surface area contributed by atoms with Crippen LogP contribution in [-0.4, -0.2) is 121 Å². The van der Waals surface area contributed by atoms with Crippen LogP contribution in [0.2, 0.25) is 0 Å². The highest BCUT2D eigenvalue weighted by Gasteiger charge is 2.72. The molecular weight excluding hydrogens is 717 g/mol. The highest BCUT2D eigenvalue weighted by Crippen LogP contribution is 2.47. The maximum Gasteiger partial charge on any atom is 0.315 e. The Hall–Kier alpha value is -5.22. The van der Waals surface area contributed by atoms with Crippen molar-refractivity contribution < 1.29 is 28.8 Å². The number of ketones is 1. The molecular formula is C40H56N10O6. The summed E-state index contributed by atoms with van der Waals surface area (Å²) in [6.07, 6.45) is 2.87. The van der Waals surface area contributed by atoms with E-state index in [0.29, 0.717) is 38.0 Å². The maximum absolute atomic E-state index is 13.5. The third-order valence-corrected chi connectivity index (χ3v) is 11.3. The van der Waals surface area contributed by atoms with Crippen molar-refractivity contribution in [1.29, 1.82) is 0 Å². The zero-order valence-electron chi connectivity index (χ0n) is 33.1. The number of carbonyl (C=O) groups is 6. The molecule has 6 amide bonds. The molecule has 16 nitrogen and oxygen atoms in total. The van der Waals surface area contributed by atoms with Gasteiger partial charge in [0.25, 0.3) is 23.6 Å². The average Bonchev–Trinajstić information content (AvgIpc) is 3.56. The molecule has 2 aromatic carbocycles. The Balaban J connectivity index is 1.28. The topological polar surface area (TPSA) is 206 Å². The summed E-state index contributed by atoms with van der Waals surface area (Å²) in [4.78, 5) is 82.6. The number of urea groups is 1. The fraction of sp³-hybridized carbons (Fsp3) is 0.550. The Bertz CT molecular complexity index is 1750. The van der Waals surface area contributed by atoms with Crippen LogP contribution in [0.5, 0.6) is 0 Å². The Morgan fingerprint density at radius 2 is 1.32 bits per heavy atom. The first-order chi connectivity index (χ1) is 26.9. The van der Waals surface area contributed by atoms with Gasteiger partial charge in [-0.2, -0.15) is 10.2 Å². The van der Waals surface area contributed by atoms with Crippen molar-refractivity contribution in [1.82, 2.24) is 36.4 Å². The number of azo groups is 1. The van der Waals surface area contributed by atoms with Gasteiger partial charge in [0.15, 0.2) is 5.78 Å². The van der Waals surface area contributed by atoms with Gasteiger partial charge in [-0.25, -0.2) is 4.79 Å². The summed E-state index contributed by atoms with van der Waals surface area (Å²) >= 11 is 0. The number of anilines is 1. The standard InChI is InChI=1S/C40H56N10O6/c1-6-49(7-2)20-10-18-41-34(52)28-22-29(35(53)42-19-11-21-50(8-3)9-4)24-31(23-28)43-36(54)27-12-14-30(15-13-27)47-48-40(26(5)51)37(55)46-39(40)17-16-32-33(25-39)45-38(56)44-32/h12-15,22-24,32-33H,6-11,16-21,25H2,1-5H3,(H,41,52)(H,42,53)(H,43,54)(H,46,55)(H2,44,45,56). The molecule has 1 spiro atoms. The van der Waals surface area contributed by atoms with Crippen molar-refractivity contribution in [2.24, 2.45) is 10.2 Å². The zero-order chi connectivity index (χ0) is 40.5. The minimum atomic E-state index is -1.74. The number of amides is 6. The lowest BCUT2D eigenvalue weighted by Crippen LogP contribution is -2.84. The van der Waals surface area contributed by atoms with Crippen molar-refractivity contribution in [3.8, 4) is 0 Å².